The number of nitrogens with zero attached hydrogens (tertiary/aromatic N) is 3. The number of aliphatic hydroxyl groups is 2. The number of nitrogens with one attached hydrogen (secondary N) is 1. The van der Waals surface area contributed by atoms with Crippen LogP contribution in [-0.4, -0.2) is 55.7 Å². The molecule has 1 heterocycles. The van der Waals surface area contributed by atoms with Gasteiger partial charge in [0, 0.05) is 19.7 Å². The van der Waals surface area contributed by atoms with Crippen LogP contribution in [0.1, 0.15) is 29.9 Å². The van der Waals surface area contributed by atoms with Gasteiger partial charge in [-0.15, -0.1) is 5.10 Å². The van der Waals surface area contributed by atoms with Crippen molar-refractivity contribution in [3.63, 3.8) is 0 Å². The Kier molecular flexibility index (Phi) is 6.09. The van der Waals surface area contributed by atoms with E-state index in [-0.39, 0.29) is 31.6 Å². The van der Waals surface area contributed by atoms with Crippen LogP contribution in [0.25, 0.3) is 0 Å². The summed E-state index contributed by atoms with van der Waals surface area (Å²) in [6.45, 7) is 0.522. The van der Waals surface area contributed by atoms with Gasteiger partial charge in [-0.25, -0.2) is 4.68 Å². The molecule has 4 N–H and O–H groups in total. The third kappa shape index (κ3) is 4.30. The number of carbonyl (C=O) groups is 1. The van der Waals surface area contributed by atoms with Crippen LogP contribution in [-0.2, 0) is 6.54 Å². The quantitative estimate of drug-likeness (QED) is 0.438. The molecule has 0 aliphatic rings. The molecule has 1 rings (SSSR count). The van der Waals surface area contributed by atoms with Crippen molar-refractivity contribution in [2.24, 2.45) is 0 Å². The molecule has 18 heavy (non-hydrogen) atoms. The Hall–Kier alpha value is -1.67. The zero-order valence-electron chi connectivity index (χ0n) is 10.0. The molecule has 1 amide bonds. The summed E-state index contributed by atoms with van der Waals surface area (Å²) in [5.74, 6) is -0.656. The van der Waals surface area contributed by atoms with Crippen molar-refractivity contribution >= 4 is 5.91 Å². The second kappa shape index (κ2) is 7.62. The SMILES string of the molecule is O=C(NCCO)c1nc(O)n(CCCCCO)n1. The molecular formula is C10H18N4O4. The van der Waals surface area contributed by atoms with Crippen LogP contribution in [0.5, 0.6) is 6.01 Å². The number of aliphatic hydroxyl groups excluding tert-OH is 2. The van der Waals surface area contributed by atoms with E-state index in [0.717, 1.165) is 12.8 Å². The molecule has 0 unspecified atom stereocenters. The monoisotopic (exact) mass is 258 g/mol. The molecule has 102 valence electrons. The number of aromatic hydroxyl groups is 1. The van der Waals surface area contributed by atoms with Crippen molar-refractivity contribution < 1.29 is 20.1 Å². The van der Waals surface area contributed by atoms with Gasteiger partial charge >= 0.3 is 6.01 Å². The lowest BCUT2D eigenvalue weighted by Gasteiger charge is -2.00. The fourth-order valence-corrected chi connectivity index (χ4v) is 1.38. The summed E-state index contributed by atoms with van der Waals surface area (Å²) in [6, 6.07) is -0.312. The minimum Gasteiger partial charge on any atom is -0.479 e. The summed E-state index contributed by atoms with van der Waals surface area (Å²) in [7, 11) is 0. The fraction of sp³-hybridized carbons (Fsp3) is 0.700. The predicted molar refractivity (Wildman–Crippen MR) is 62.0 cm³/mol. The Labute approximate surface area is 104 Å². The van der Waals surface area contributed by atoms with E-state index in [0.29, 0.717) is 13.0 Å². The second-order valence-electron chi connectivity index (χ2n) is 3.72. The van der Waals surface area contributed by atoms with Crippen molar-refractivity contribution in [1.29, 1.82) is 0 Å². The largest absolute Gasteiger partial charge is 0.479 e. The average molecular weight is 258 g/mol. The lowest BCUT2D eigenvalue weighted by atomic mass is 10.2. The zero-order chi connectivity index (χ0) is 13.4. The Balaban J connectivity index is 2.50. The predicted octanol–water partition coefficient (Wildman–Crippen LogP) is -1.13. The van der Waals surface area contributed by atoms with Crippen molar-refractivity contribution in [1.82, 2.24) is 20.1 Å². The normalized spacial score (nSPS) is 10.6. The third-order valence-corrected chi connectivity index (χ3v) is 2.28. The molecule has 0 saturated heterocycles. The highest BCUT2D eigenvalue weighted by Gasteiger charge is 2.14. The number of aryl methyl sites for hydroxylation is 1. The van der Waals surface area contributed by atoms with Gasteiger partial charge in [-0.3, -0.25) is 4.79 Å². The van der Waals surface area contributed by atoms with Crippen LogP contribution in [0.3, 0.4) is 0 Å². The molecule has 1 aromatic heterocycles. The smallest absolute Gasteiger partial charge is 0.312 e. The van der Waals surface area contributed by atoms with E-state index >= 15 is 0 Å². The van der Waals surface area contributed by atoms with Gasteiger partial charge in [0.05, 0.1) is 6.61 Å². The van der Waals surface area contributed by atoms with Gasteiger partial charge in [0.2, 0.25) is 5.82 Å². The van der Waals surface area contributed by atoms with Crippen LogP contribution in [0.2, 0.25) is 0 Å². The zero-order valence-corrected chi connectivity index (χ0v) is 10.0. The maximum atomic E-state index is 11.4. The lowest BCUT2D eigenvalue weighted by molar-refractivity contribution is 0.0934. The Morgan fingerprint density at radius 2 is 2.00 bits per heavy atom. The Bertz CT molecular complexity index is 380. The minimum atomic E-state index is -0.534. The van der Waals surface area contributed by atoms with Gasteiger partial charge < -0.3 is 20.6 Å². The molecule has 0 aliphatic heterocycles. The summed E-state index contributed by atoms with van der Waals surface area (Å²) in [4.78, 5) is 15.1. The maximum absolute atomic E-state index is 11.4. The van der Waals surface area contributed by atoms with E-state index in [1.807, 2.05) is 0 Å². The van der Waals surface area contributed by atoms with Gasteiger partial charge in [-0.05, 0) is 19.3 Å². The molecule has 0 saturated carbocycles. The highest BCUT2D eigenvalue weighted by molar-refractivity contribution is 5.90. The molecule has 0 fully saturated rings. The number of hydrogen-bond acceptors (Lipinski definition) is 6. The lowest BCUT2D eigenvalue weighted by Crippen LogP contribution is -2.27. The number of carbonyl (C=O) groups excluding carboxylic acids is 1. The molecule has 1 aromatic rings. The van der Waals surface area contributed by atoms with Crippen molar-refractivity contribution in [2.45, 2.75) is 25.8 Å². The number of amides is 1. The third-order valence-electron chi connectivity index (χ3n) is 2.28. The summed E-state index contributed by atoms with van der Waals surface area (Å²) in [6.07, 6.45) is 2.23. The highest BCUT2D eigenvalue weighted by Crippen LogP contribution is 2.08. The average Bonchev–Trinajstić information content (AvgIpc) is 2.73. The summed E-state index contributed by atoms with van der Waals surface area (Å²) >= 11 is 0. The Morgan fingerprint density at radius 1 is 1.22 bits per heavy atom. The highest BCUT2D eigenvalue weighted by atomic mass is 16.3. The molecule has 0 spiro atoms. The summed E-state index contributed by atoms with van der Waals surface area (Å²) < 4.78 is 1.24. The first-order chi connectivity index (χ1) is 8.69. The van der Waals surface area contributed by atoms with E-state index in [2.05, 4.69) is 15.4 Å². The van der Waals surface area contributed by atoms with Crippen molar-refractivity contribution in [3.8, 4) is 6.01 Å². The van der Waals surface area contributed by atoms with Crippen LogP contribution in [0, 0.1) is 0 Å². The maximum Gasteiger partial charge on any atom is 0.312 e. The summed E-state index contributed by atoms with van der Waals surface area (Å²) in [5, 5.41) is 32.9. The van der Waals surface area contributed by atoms with Gasteiger partial charge in [0.25, 0.3) is 5.91 Å². The molecule has 0 atom stereocenters. The van der Waals surface area contributed by atoms with Crippen LogP contribution >= 0.6 is 0 Å². The first-order valence-electron chi connectivity index (χ1n) is 5.82. The molecule has 0 radical (unpaired) electrons. The second-order valence-corrected chi connectivity index (χ2v) is 3.72. The molecular weight excluding hydrogens is 240 g/mol. The number of aromatic nitrogens is 3. The van der Waals surface area contributed by atoms with Gasteiger partial charge in [-0.1, -0.05) is 0 Å². The minimum absolute atomic E-state index is 0.116. The first-order valence-corrected chi connectivity index (χ1v) is 5.82. The summed E-state index contributed by atoms with van der Waals surface area (Å²) in [5.41, 5.74) is 0. The Morgan fingerprint density at radius 3 is 2.67 bits per heavy atom. The molecule has 8 heteroatoms. The van der Waals surface area contributed by atoms with Crippen molar-refractivity contribution in [2.75, 3.05) is 19.8 Å². The van der Waals surface area contributed by atoms with E-state index in [9.17, 15) is 9.90 Å². The first kappa shape index (κ1) is 14.4. The van der Waals surface area contributed by atoms with E-state index in [1.165, 1.54) is 4.68 Å². The number of rotatable bonds is 8. The van der Waals surface area contributed by atoms with Gasteiger partial charge in [0.1, 0.15) is 0 Å². The van der Waals surface area contributed by atoms with E-state index in [1.54, 1.807) is 0 Å². The van der Waals surface area contributed by atoms with Gasteiger partial charge in [-0.2, -0.15) is 4.98 Å². The molecule has 0 aromatic carbocycles. The van der Waals surface area contributed by atoms with Crippen LogP contribution in [0.15, 0.2) is 0 Å². The standard InChI is InChI=1S/C10H18N4O4/c15-6-3-1-2-5-14-10(18)12-8(13-14)9(17)11-4-7-16/h15-16H,1-7H2,(H,11,17)(H,12,13,18). The van der Waals surface area contributed by atoms with Crippen LogP contribution < -0.4 is 5.32 Å². The van der Waals surface area contributed by atoms with E-state index in [4.69, 9.17) is 10.2 Å². The fourth-order valence-electron chi connectivity index (χ4n) is 1.38. The van der Waals surface area contributed by atoms with Crippen molar-refractivity contribution in [3.05, 3.63) is 5.82 Å². The number of hydrogen-bond donors (Lipinski definition) is 4. The molecule has 0 bridgehead atoms. The topological polar surface area (TPSA) is 120 Å². The van der Waals surface area contributed by atoms with Crippen LogP contribution in [0.4, 0.5) is 0 Å². The van der Waals surface area contributed by atoms with E-state index < -0.39 is 5.91 Å². The van der Waals surface area contributed by atoms with Gasteiger partial charge in [0.15, 0.2) is 0 Å². The molecule has 0 aliphatic carbocycles. The molecule has 8 nitrogen and oxygen atoms in total. The number of unbranched alkanes of at least 4 members (excludes halogenated alkanes) is 2.